The molecule has 114 valence electrons. The zero-order chi connectivity index (χ0) is 15.4. The summed E-state index contributed by atoms with van der Waals surface area (Å²) in [5.41, 5.74) is 10.4. The van der Waals surface area contributed by atoms with E-state index >= 15 is 0 Å². The van der Waals surface area contributed by atoms with Crippen LogP contribution < -0.4 is 10.5 Å². The summed E-state index contributed by atoms with van der Waals surface area (Å²) in [7, 11) is 0. The number of hydrogen-bond donors (Lipinski definition) is 1. The molecule has 0 bridgehead atoms. The Bertz CT molecular complexity index is 602. The highest BCUT2D eigenvalue weighted by Crippen LogP contribution is 2.25. The normalized spacial score (nSPS) is 12.4. The smallest absolute Gasteiger partial charge is 0.130 e. The van der Waals surface area contributed by atoms with Gasteiger partial charge in [-0.3, -0.25) is 4.68 Å². The van der Waals surface area contributed by atoms with E-state index < -0.39 is 0 Å². The lowest BCUT2D eigenvalue weighted by atomic mass is 10.0. The molecule has 0 saturated carbocycles. The maximum Gasteiger partial charge on any atom is 0.130 e. The number of nitrogens with zero attached hydrogens (tertiary/aromatic N) is 2. The van der Waals surface area contributed by atoms with E-state index in [1.807, 2.05) is 18.5 Å². The van der Waals surface area contributed by atoms with Gasteiger partial charge in [-0.25, -0.2) is 0 Å². The predicted octanol–water partition coefficient (Wildman–Crippen LogP) is 2.99. The standard InChI is InChI=1S/C17H25N3O/c1-5-20-16(10-14(4)19-20)11-21-17-12(2)7-6-8-15(17)9-13(3)18/h6-8,10,13H,5,9,11,18H2,1-4H3. The van der Waals surface area contributed by atoms with Gasteiger partial charge in [0, 0.05) is 12.6 Å². The minimum Gasteiger partial charge on any atom is -0.487 e. The number of aryl methyl sites for hydroxylation is 3. The Hall–Kier alpha value is -1.81. The van der Waals surface area contributed by atoms with Gasteiger partial charge >= 0.3 is 0 Å². The van der Waals surface area contributed by atoms with Crippen LogP contribution in [0.3, 0.4) is 0 Å². The molecule has 1 aromatic carbocycles. The van der Waals surface area contributed by atoms with E-state index in [9.17, 15) is 0 Å². The van der Waals surface area contributed by atoms with E-state index in [0.29, 0.717) is 6.61 Å². The minimum atomic E-state index is 0.123. The Kier molecular flexibility index (Phi) is 5.02. The molecule has 0 fully saturated rings. The lowest BCUT2D eigenvalue weighted by Gasteiger charge is -2.16. The van der Waals surface area contributed by atoms with Crippen LogP contribution in [0.5, 0.6) is 5.75 Å². The molecule has 1 atom stereocenters. The maximum atomic E-state index is 6.09. The van der Waals surface area contributed by atoms with E-state index in [2.05, 4.69) is 43.2 Å². The Morgan fingerprint density at radius 1 is 1.33 bits per heavy atom. The molecule has 0 aliphatic carbocycles. The maximum absolute atomic E-state index is 6.09. The second-order valence-corrected chi connectivity index (χ2v) is 5.63. The average molecular weight is 287 g/mol. The SMILES string of the molecule is CCn1nc(C)cc1COc1c(C)cccc1CC(C)N. The van der Waals surface area contributed by atoms with Crippen molar-refractivity contribution < 1.29 is 4.74 Å². The molecule has 0 aliphatic rings. The number of hydrogen-bond acceptors (Lipinski definition) is 3. The molecule has 4 heteroatoms. The third-order valence-electron chi connectivity index (χ3n) is 3.48. The van der Waals surface area contributed by atoms with Crippen molar-refractivity contribution >= 4 is 0 Å². The van der Waals surface area contributed by atoms with Crippen LogP contribution in [0, 0.1) is 13.8 Å². The van der Waals surface area contributed by atoms with Crippen molar-refractivity contribution in [3.63, 3.8) is 0 Å². The van der Waals surface area contributed by atoms with Crippen molar-refractivity contribution in [2.24, 2.45) is 5.73 Å². The van der Waals surface area contributed by atoms with Gasteiger partial charge in [-0.2, -0.15) is 5.10 Å². The van der Waals surface area contributed by atoms with Gasteiger partial charge in [0.15, 0.2) is 0 Å². The molecule has 2 N–H and O–H groups in total. The van der Waals surface area contributed by atoms with E-state index in [0.717, 1.165) is 35.7 Å². The quantitative estimate of drug-likeness (QED) is 0.888. The number of benzene rings is 1. The zero-order valence-corrected chi connectivity index (χ0v) is 13.4. The van der Waals surface area contributed by atoms with Crippen LogP contribution in [0.4, 0.5) is 0 Å². The summed E-state index contributed by atoms with van der Waals surface area (Å²) in [6.45, 7) is 9.57. The largest absolute Gasteiger partial charge is 0.487 e. The molecule has 21 heavy (non-hydrogen) atoms. The highest BCUT2D eigenvalue weighted by Gasteiger charge is 2.11. The molecule has 0 spiro atoms. The first-order valence-electron chi connectivity index (χ1n) is 7.51. The molecule has 0 aliphatic heterocycles. The van der Waals surface area contributed by atoms with Crippen LogP contribution in [0.15, 0.2) is 24.3 Å². The monoisotopic (exact) mass is 287 g/mol. The topological polar surface area (TPSA) is 53.1 Å². The van der Waals surface area contributed by atoms with Crippen LogP contribution in [0.25, 0.3) is 0 Å². The molecule has 1 unspecified atom stereocenters. The third-order valence-corrected chi connectivity index (χ3v) is 3.48. The Balaban J connectivity index is 2.19. The highest BCUT2D eigenvalue weighted by molar-refractivity contribution is 5.41. The Morgan fingerprint density at radius 3 is 2.76 bits per heavy atom. The predicted molar refractivity (Wildman–Crippen MR) is 85.5 cm³/mol. The van der Waals surface area contributed by atoms with Crippen molar-refractivity contribution in [1.82, 2.24) is 9.78 Å². The highest BCUT2D eigenvalue weighted by atomic mass is 16.5. The Morgan fingerprint density at radius 2 is 2.10 bits per heavy atom. The number of aromatic nitrogens is 2. The molecule has 2 rings (SSSR count). The third kappa shape index (κ3) is 3.85. The minimum absolute atomic E-state index is 0.123. The second kappa shape index (κ2) is 6.76. The van der Waals surface area contributed by atoms with Gasteiger partial charge in [-0.05, 0) is 51.3 Å². The molecule has 1 heterocycles. The Labute approximate surface area is 126 Å². The fraction of sp³-hybridized carbons (Fsp3) is 0.471. The van der Waals surface area contributed by atoms with Gasteiger partial charge in [0.1, 0.15) is 12.4 Å². The summed E-state index contributed by atoms with van der Waals surface area (Å²) in [6, 6.07) is 8.42. The molecule has 4 nitrogen and oxygen atoms in total. The molecule has 0 radical (unpaired) electrons. The van der Waals surface area contributed by atoms with Crippen molar-refractivity contribution in [3.05, 3.63) is 46.8 Å². The van der Waals surface area contributed by atoms with E-state index in [-0.39, 0.29) is 6.04 Å². The van der Waals surface area contributed by atoms with Crippen molar-refractivity contribution in [2.45, 2.75) is 53.3 Å². The number of ether oxygens (including phenoxy) is 1. The van der Waals surface area contributed by atoms with Crippen molar-refractivity contribution in [2.75, 3.05) is 0 Å². The van der Waals surface area contributed by atoms with Gasteiger partial charge in [-0.1, -0.05) is 18.2 Å². The molecule has 2 aromatic rings. The fourth-order valence-electron chi connectivity index (χ4n) is 2.56. The van der Waals surface area contributed by atoms with Gasteiger partial charge in [0.25, 0.3) is 0 Å². The molecule has 1 aromatic heterocycles. The summed E-state index contributed by atoms with van der Waals surface area (Å²) in [4.78, 5) is 0. The van der Waals surface area contributed by atoms with Gasteiger partial charge < -0.3 is 10.5 Å². The van der Waals surface area contributed by atoms with Gasteiger partial charge in [0.2, 0.25) is 0 Å². The van der Waals surface area contributed by atoms with Crippen molar-refractivity contribution in [1.29, 1.82) is 0 Å². The van der Waals surface area contributed by atoms with E-state index in [1.165, 1.54) is 5.56 Å². The summed E-state index contributed by atoms with van der Waals surface area (Å²) >= 11 is 0. The lowest BCUT2D eigenvalue weighted by Crippen LogP contribution is -2.18. The van der Waals surface area contributed by atoms with Crippen LogP contribution in [-0.2, 0) is 19.6 Å². The summed E-state index contributed by atoms with van der Waals surface area (Å²) in [5, 5.41) is 4.45. The second-order valence-electron chi connectivity index (χ2n) is 5.63. The summed E-state index contributed by atoms with van der Waals surface area (Å²) in [5.74, 6) is 0.955. The van der Waals surface area contributed by atoms with Crippen LogP contribution >= 0.6 is 0 Å². The van der Waals surface area contributed by atoms with E-state index in [1.54, 1.807) is 0 Å². The first-order valence-corrected chi connectivity index (χ1v) is 7.51. The average Bonchev–Trinajstić information content (AvgIpc) is 2.78. The summed E-state index contributed by atoms with van der Waals surface area (Å²) in [6.07, 6.45) is 0.823. The fourth-order valence-corrected chi connectivity index (χ4v) is 2.56. The van der Waals surface area contributed by atoms with Gasteiger partial charge in [-0.15, -0.1) is 0 Å². The number of nitrogens with two attached hydrogens (primary N) is 1. The van der Waals surface area contributed by atoms with E-state index in [4.69, 9.17) is 10.5 Å². The van der Waals surface area contributed by atoms with Gasteiger partial charge in [0.05, 0.1) is 11.4 Å². The lowest BCUT2D eigenvalue weighted by molar-refractivity contribution is 0.287. The number of para-hydroxylation sites is 1. The van der Waals surface area contributed by atoms with Crippen LogP contribution in [0.2, 0.25) is 0 Å². The van der Waals surface area contributed by atoms with Crippen LogP contribution in [0.1, 0.15) is 36.4 Å². The molecule has 0 amide bonds. The first-order chi connectivity index (χ1) is 10.0. The van der Waals surface area contributed by atoms with Crippen molar-refractivity contribution in [3.8, 4) is 5.75 Å². The summed E-state index contributed by atoms with van der Waals surface area (Å²) < 4.78 is 8.08. The first kappa shape index (κ1) is 15.6. The molecule has 0 saturated heterocycles. The molecular formula is C17H25N3O. The van der Waals surface area contributed by atoms with Crippen LogP contribution in [-0.4, -0.2) is 15.8 Å². The number of rotatable bonds is 6. The molecular weight excluding hydrogens is 262 g/mol. The zero-order valence-electron chi connectivity index (χ0n) is 13.4.